The van der Waals surface area contributed by atoms with Gasteiger partial charge in [-0.2, -0.15) is 13.9 Å². The molecule has 6 nitrogen and oxygen atoms in total. The van der Waals surface area contributed by atoms with Gasteiger partial charge in [0.25, 0.3) is 0 Å². The van der Waals surface area contributed by atoms with Crippen molar-refractivity contribution in [2.75, 3.05) is 31.2 Å². The van der Waals surface area contributed by atoms with Crippen molar-refractivity contribution in [2.45, 2.75) is 25.5 Å². The molecule has 3 aromatic rings. The third-order valence-electron chi connectivity index (χ3n) is 5.19. The first kappa shape index (κ1) is 17.4. The van der Waals surface area contributed by atoms with Crippen LogP contribution < -0.4 is 9.64 Å². The number of ether oxygens (including phenoxy) is 2. The van der Waals surface area contributed by atoms with Gasteiger partial charge in [-0.15, -0.1) is 0 Å². The maximum absolute atomic E-state index is 12.8. The van der Waals surface area contributed by atoms with Gasteiger partial charge in [-0.3, -0.25) is 4.68 Å². The summed E-state index contributed by atoms with van der Waals surface area (Å²) in [7, 11) is 0. The molecule has 2 aliphatic rings. The van der Waals surface area contributed by atoms with Crippen LogP contribution in [0.15, 0.2) is 36.7 Å². The summed E-state index contributed by atoms with van der Waals surface area (Å²) in [6, 6.07) is 7.70. The number of aromatic nitrogens is 3. The summed E-state index contributed by atoms with van der Waals surface area (Å²) in [5.74, 6) is 0.993. The minimum atomic E-state index is -2.88. The molecule has 0 spiro atoms. The van der Waals surface area contributed by atoms with E-state index in [9.17, 15) is 8.78 Å². The SMILES string of the molecule is FC(F)Oc1ccc(-c2ccnc(N3CCOCC3)c2)c2cn(C3CC3)nc12. The quantitative estimate of drug-likeness (QED) is 0.666. The number of morpholine rings is 1. The van der Waals surface area contributed by atoms with Gasteiger partial charge < -0.3 is 14.4 Å². The summed E-state index contributed by atoms with van der Waals surface area (Å²) in [6.45, 7) is 0.0849. The lowest BCUT2D eigenvalue weighted by Gasteiger charge is -2.28. The molecule has 2 aromatic heterocycles. The lowest BCUT2D eigenvalue weighted by Crippen LogP contribution is -2.36. The monoisotopic (exact) mass is 386 g/mol. The minimum Gasteiger partial charge on any atom is -0.432 e. The van der Waals surface area contributed by atoms with Crippen molar-refractivity contribution >= 4 is 16.7 Å². The highest BCUT2D eigenvalue weighted by molar-refractivity contribution is 5.98. The zero-order valence-corrected chi connectivity index (χ0v) is 15.2. The van der Waals surface area contributed by atoms with Crippen LogP contribution in [0.4, 0.5) is 14.6 Å². The summed E-state index contributed by atoms with van der Waals surface area (Å²) >= 11 is 0. The van der Waals surface area contributed by atoms with E-state index in [0.29, 0.717) is 24.8 Å². The normalized spacial score (nSPS) is 17.5. The fourth-order valence-electron chi connectivity index (χ4n) is 3.62. The lowest BCUT2D eigenvalue weighted by molar-refractivity contribution is -0.0489. The molecule has 1 aliphatic carbocycles. The van der Waals surface area contributed by atoms with E-state index in [-0.39, 0.29) is 5.75 Å². The van der Waals surface area contributed by atoms with Crippen molar-refractivity contribution < 1.29 is 18.3 Å². The van der Waals surface area contributed by atoms with Crippen molar-refractivity contribution in [1.82, 2.24) is 14.8 Å². The van der Waals surface area contributed by atoms with Crippen molar-refractivity contribution in [1.29, 1.82) is 0 Å². The maximum Gasteiger partial charge on any atom is 0.387 e. The van der Waals surface area contributed by atoms with Gasteiger partial charge >= 0.3 is 6.61 Å². The molecule has 1 saturated heterocycles. The van der Waals surface area contributed by atoms with Crippen molar-refractivity contribution in [3.63, 3.8) is 0 Å². The Morgan fingerprint density at radius 1 is 1.14 bits per heavy atom. The Bertz CT molecular complexity index is 997. The molecule has 0 radical (unpaired) electrons. The highest BCUT2D eigenvalue weighted by atomic mass is 19.3. The second-order valence-corrected chi connectivity index (χ2v) is 7.09. The predicted molar refractivity (Wildman–Crippen MR) is 101 cm³/mol. The van der Waals surface area contributed by atoms with E-state index in [0.717, 1.165) is 48.3 Å². The third-order valence-corrected chi connectivity index (χ3v) is 5.19. The first-order chi connectivity index (χ1) is 13.7. The zero-order chi connectivity index (χ0) is 19.1. The number of nitrogens with zero attached hydrogens (tertiary/aromatic N) is 4. The second-order valence-electron chi connectivity index (χ2n) is 7.09. The summed E-state index contributed by atoms with van der Waals surface area (Å²) in [4.78, 5) is 6.68. The van der Waals surface area contributed by atoms with E-state index in [1.807, 2.05) is 29.1 Å². The Labute approximate surface area is 160 Å². The molecule has 0 amide bonds. The zero-order valence-electron chi connectivity index (χ0n) is 15.2. The topological polar surface area (TPSA) is 52.4 Å². The highest BCUT2D eigenvalue weighted by Gasteiger charge is 2.26. The smallest absolute Gasteiger partial charge is 0.387 e. The van der Waals surface area contributed by atoms with Crippen LogP contribution in [0.3, 0.4) is 0 Å². The maximum atomic E-state index is 12.8. The molecule has 2 fully saturated rings. The van der Waals surface area contributed by atoms with Gasteiger partial charge in [-0.05, 0) is 48.2 Å². The van der Waals surface area contributed by atoms with Crippen LogP contribution in [-0.2, 0) is 4.74 Å². The molecule has 0 atom stereocenters. The van der Waals surface area contributed by atoms with Crippen LogP contribution in [-0.4, -0.2) is 47.7 Å². The number of anilines is 1. The van der Waals surface area contributed by atoms with Crippen molar-refractivity contribution in [2.24, 2.45) is 0 Å². The van der Waals surface area contributed by atoms with E-state index < -0.39 is 6.61 Å². The van der Waals surface area contributed by atoms with E-state index >= 15 is 0 Å². The Kier molecular flexibility index (Phi) is 4.35. The Hall–Kier alpha value is -2.74. The minimum absolute atomic E-state index is 0.107. The van der Waals surface area contributed by atoms with Crippen molar-refractivity contribution in [3.8, 4) is 16.9 Å². The number of pyridine rings is 1. The van der Waals surface area contributed by atoms with Crippen molar-refractivity contribution in [3.05, 3.63) is 36.7 Å². The molecular weight excluding hydrogens is 366 g/mol. The number of hydrogen-bond acceptors (Lipinski definition) is 5. The van der Waals surface area contributed by atoms with E-state index in [4.69, 9.17) is 9.47 Å². The van der Waals surface area contributed by atoms with Gasteiger partial charge in [0, 0.05) is 30.9 Å². The molecule has 0 unspecified atom stereocenters. The first-order valence-electron chi connectivity index (χ1n) is 9.45. The summed E-state index contributed by atoms with van der Waals surface area (Å²) in [5, 5.41) is 5.35. The van der Waals surface area contributed by atoms with Crippen LogP contribution in [0.5, 0.6) is 5.75 Å². The lowest BCUT2D eigenvalue weighted by atomic mass is 10.0. The fourth-order valence-corrected chi connectivity index (χ4v) is 3.62. The predicted octanol–water partition coefficient (Wildman–Crippen LogP) is 3.87. The van der Waals surface area contributed by atoms with Gasteiger partial charge in [-0.25, -0.2) is 4.98 Å². The number of hydrogen-bond donors (Lipinski definition) is 0. The Balaban J connectivity index is 1.58. The van der Waals surface area contributed by atoms with E-state index in [2.05, 4.69) is 15.0 Å². The number of halogens is 2. The molecule has 8 heteroatoms. The van der Waals surface area contributed by atoms with E-state index in [1.165, 1.54) is 0 Å². The molecule has 146 valence electrons. The average Bonchev–Trinajstić information content (AvgIpc) is 3.47. The van der Waals surface area contributed by atoms with Gasteiger partial charge in [0.2, 0.25) is 0 Å². The molecule has 5 rings (SSSR count). The molecule has 3 heterocycles. The van der Waals surface area contributed by atoms with Gasteiger partial charge in [0.15, 0.2) is 5.75 Å². The molecule has 28 heavy (non-hydrogen) atoms. The molecule has 1 saturated carbocycles. The van der Waals surface area contributed by atoms with Crippen LogP contribution in [0.25, 0.3) is 22.0 Å². The third kappa shape index (κ3) is 3.28. The van der Waals surface area contributed by atoms with Crippen LogP contribution >= 0.6 is 0 Å². The number of benzene rings is 1. The average molecular weight is 386 g/mol. The second kappa shape index (κ2) is 7.01. The van der Waals surface area contributed by atoms with E-state index in [1.54, 1.807) is 12.3 Å². The molecular formula is C20H20F2N4O2. The van der Waals surface area contributed by atoms with Gasteiger partial charge in [0.1, 0.15) is 11.3 Å². The summed E-state index contributed by atoms with van der Waals surface area (Å²) in [6.07, 6.45) is 5.84. The molecule has 1 aromatic carbocycles. The summed E-state index contributed by atoms with van der Waals surface area (Å²) < 4.78 is 37.6. The van der Waals surface area contributed by atoms with Crippen LogP contribution in [0, 0.1) is 0 Å². The Morgan fingerprint density at radius 2 is 1.96 bits per heavy atom. The number of fused-ring (bicyclic) bond motifs is 1. The summed E-state index contributed by atoms with van der Waals surface area (Å²) in [5.41, 5.74) is 2.37. The van der Waals surface area contributed by atoms with Crippen LogP contribution in [0.2, 0.25) is 0 Å². The first-order valence-corrected chi connectivity index (χ1v) is 9.45. The van der Waals surface area contributed by atoms with Gasteiger partial charge in [-0.1, -0.05) is 0 Å². The standard InChI is InChI=1S/C20H20F2N4O2/c21-20(22)28-17-4-3-15(16-12-26(14-1-2-14)24-19(16)17)13-5-6-23-18(11-13)25-7-9-27-10-8-25/h3-6,11-12,14,20H,1-2,7-10H2. The molecule has 0 bridgehead atoms. The van der Waals surface area contributed by atoms with Crippen LogP contribution in [0.1, 0.15) is 18.9 Å². The molecule has 1 aliphatic heterocycles. The van der Waals surface area contributed by atoms with Gasteiger partial charge in [0.05, 0.1) is 19.3 Å². The Morgan fingerprint density at radius 3 is 2.71 bits per heavy atom. The molecule has 0 N–H and O–H groups in total. The highest BCUT2D eigenvalue weighted by Crippen LogP contribution is 2.40. The number of rotatable bonds is 5. The fraction of sp³-hybridized carbons (Fsp3) is 0.400. The largest absolute Gasteiger partial charge is 0.432 e. The number of alkyl halides is 2.